The zero-order valence-corrected chi connectivity index (χ0v) is 20.2. The predicted octanol–water partition coefficient (Wildman–Crippen LogP) is 2.25. The number of aryl methyl sites for hydroxylation is 1. The van der Waals surface area contributed by atoms with E-state index in [0.29, 0.717) is 23.8 Å². The molecule has 5 heterocycles. The monoisotopic (exact) mass is 520 g/mol. The molecule has 5 rings (SSSR count). The summed E-state index contributed by atoms with van der Waals surface area (Å²) >= 11 is 3.55. The van der Waals surface area contributed by atoms with Gasteiger partial charge in [-0.05, 0) is 66.5 Å². The largest absolute Gasteiger partial charge is 0.310 e. The van der Waals surface area contributed by atoms with Crippen LogP contribution in [0, 0.1) is 6.92 Å². The summed E-state index contributed by atoms with van der Waals surface area (Å²) in [5.74, 6) is 0. The first-order valence-corrected chi connectivity index (χ1v) is 11.5. The highest BCUT2D eigenvalue weighted by atomic mass is 79.9. The number of likely N-dealkylation sites (tertiary alicyclic amines) is 1. The van der Waals surface area contributed by atoms with E-state index in [4.69, 9.17) is 0 Å². The normalized spacial score (nSPS) is 18.8. The third kappa shape index (κ3) is 4.39. The molecule has 10 heteroatoms. The van der Waals surface area contributed by atoms with Gasteiger partial charge in [-0.2, -0.15) is 0 Å². The third-order valence-electron chi connectivity index (χ3n) is 6.41. The van der Waals surface area contributed by atoms with Gasteiger partial charge < -0.3 is 10.2 Å². The molecule has 170 valence electrons. The van der Waals surface area contributed by atoms with E-state index in [2.05, 4.69) is 42.2 Å². The van der Waals surface area contributed by atoms with Gasteiger partial charge in [0.25, 0.3) is 11.1 Å². The second kappa shape index (κ2) is 9.43. The minimum atomic E-state index is -0.144. The summed E-state index contributed by atoms with van der Waals surface area (Å²) < 4.78 is 4.49. The highest BCUT2D eigenvalue weighted by Crippen LogP contribution is 2.24. The maximum absolute atomic E-state index is 12.6. The van der Waals surface area contributed by atoms with Crippen LogP contribution in [0.5, 0.6) is 0 Å². The first-order valence-electron chi connectivity index (χ1n) is 10.7. The average Bonchev–Trinajstić information content (AvgIpc) is 3.15. The fraction of sp³-hybridized carbons (Fsp3) is 0.455. The van der Waals surface area contributed by atoms with Gasteiger partial charge in [0.2, 0.25) is 0 Å². The van der Waals surface area contributed by atoms with E-state index >= 15 is 0 Å². The Labute approximate surface area is 200 Å². The number of hydrogen-bond donors (Lipinski definition) is 1. The number of halogens is 2. The van der Waals surface area contributed by atoms with Gasteiger partial charge in [-0.15, -0.1) is 12.4 Å². The van der Waals surface area contributed by atoms with Crippen LogP contribution in [0.25, 0.3) is 11.2 Å². The van der Waals surface area contributed by atoms with Crippen LogP contribution in [0.3, 0.4) is 0 Å². The summed E-state index contributed by atoms with van der Waals surface area (Å²) in [7, 11) is 0. The zero-order chi connectivity index (χ0) is 21.5. The smallest absolute Gasteiger partial charge is 0.270 e. The maximum Gasteiger partial charge on any atom is 0.270 e. The van der Waals surface area contributed by atoms with E-state index in [9.17, 15) is 9.59 Å². The second-order valence-corrected chi connectivity index (χ2v) is 9.33. The van der Waals surface area contributed by atoms with Crippen molar-refractivity contribution in [3.8, 4) is 0 Å². The van der Waals surface area contributed by atoms with Crippen molar-refractivity contribution >= 4 is 39.5 Å². The van der Waals surface area contributed by atoms with E-state index in [1.54, 1.807) is 21.3 Å². The molecule has 1 fully saturated rings. The van der Waals surface area contributed by atoms with Gasteiger partial charge in [-0.1, -0.05) is 0 Å². The molecule has 3 aromatic rings. The molecule has 0 radical (unpaired) electrons. The standard InChI is InChI=1S/C22H25BrN6O2.ClH/c1-14-18(23)8-15(9-24-14)10-25-16-4-6-27(7-5-16)12-17-13-28-21(31)11-26-19-2-3-20(30)29(17)22(19)28;/h2-3,8-9,11,16-17,25H,4-7,10,12-13H2,1H3;1H/t17-;/m1./s1. The van der Waals surface area contributed by atoms with Crippen molar-refractivity contribution < 1.29 is 0 Å². The second-order valence-electron chi connectivity index (χ2n) is 8.48. The van der Waals surface area contributed by atoms with E-state index in [0.717, 1.165) is 49.2 Å². The van der Waals surface area contributed by atoms with Crippen LogP contribution in [-0.2, 0) is 13.1 Å². The number of rotatable bonds is 5. The molecular formula is C22H26BrClN6O2. The van der Waals surface area contributed by atoms with E-state index < -0.39 is 0 Å². The molecular weight excluding hydrogens is 496 g/mol. The lowest BCUT2D eigenvalue weighted by atomic mass is 10.0. The van der Waals surface area contributed by atoms with Gasteiger partial charge in [0.15, 0.2) is 0 Å². The molecule has 32 heavy (non-hydrogen) atoms. The Morgan fingerprint density at radius 1 is 1.12 bits per heavy atom. The quantitative estimate of drug-likeness (QED) is 0.554. The fourth-order valence-corrected chi connectivity index (χ4v) is 5.08. The van der Waals surface area contributed by atoms with Crippen LogP contribution >= 0.6 is 28.3 Å². The summed E-state index contributed by atoms with van der Waals surface area (Å²) in [6.07, 6.45) is 5.38. The highest BCUT2D eigenvalue weighted by molar-refractivity contribution is 9.10. The maximum atomic E-state index is 12.6. The van der Waals surface area contributed by atoms with Crippen molar-refractivity contribution in [2.75, 3.05) is 19.6 Å². The van der Waals surface area contributed by atoms with Gasteiger partial charge in [0.05, 0.1) is 17.9 Å². The Kier molecular flexibility index (Phi) is 6.80. The van der Waals surface area contributed by atoms with Crippen molar-refractivity contribution in [3.05, 3.63) is 67.0 Å². The molecule has 0 saturated carbocycles. The van der Waals surface area contributed by atoms with Gasteiger partial charge in [-0.25, -0.2) is 4.98 Å². The van der Waals surface area contributed by atoms with E-state index in [1.165, 1.54) is 11.8 Å². The van der Waals surface area contributed by atoms with Crippen LogP contribution < -0.4 is 16.4 Å². The first-order chi connectivity index (χ1) is 15.0. The molecule has 0 spiro atoms. The van der Waals surface area contributed by atoms with Crippen LogP contribution in [0.1, 0.15) is 30.1 Å². The molecule has 3 aromatic heterocycles. The van der Waals surface area contributed by atoms with Gasteiger partial charge in [0.1, 0.15) is 11.2 Å². The summed E-state index contributed by atoms with van der Waals surface area (Å²) in [6.45, 7) is 6.03. The topological polar surface area (TPSA) is 85.1 Å². The van der Waals surface area contributed by atoms with Crippen molar-refractivity contribution in [2.45, 2.75) is 44.9 Å². The predicted molar refractivity (Wildman–Crippen MR) is 130 cm³/mol. The minimum Gasteiger partial charge on any atom is -0.310 e. The lowest BCUT2D eigenvalue weighted by molar-refractivity contribution is 0.171. The molecule has 0 amide bonds. The summed E-state index contributed by atoms with van der Waals surface area (Å²) in [6, 6.07) is 5.81. The average molecular weight is 522 g/mol. The molecule has 2 aliphatic rings. The molecule has 1 atom stereocenters. The fourth-order valence-electron chi connectivity index (χ4n) is 4.68. The van der Waals surface area contributed by atoms with E-state index in [-0.39, 0.29) is 29.6 Å². The SMILES string of the molecule is Cc1ncc(CNC2CCN(C[C@@H]3Cn4c(=O)cnc5ccc(=O)n3c54)CC2)cc1Br.Cl. The number of nitrogens with one attached hydrogen (secondary N) is 1. The van der Waals surface area contributed by atoms with Crippen molar-refractivity contribution in [3.63, 3.8) is 0 Å². The molecule has 1 N–H and O–H groups in total. The Balaban J connectivity index is 0.00000245. The van der Waals surface area contributed by atoms with Crippen molar-refractivity contribution in [2.24, 2.45) is 0 Å². The number of hydrogen-bond acceptors (Lipinski definition) is 6. The number of nitrogens with zero attached hydrogens (tertiary/aromatic N) is 5. The van der Waals surface area contributed by atoms with Crippen molar-refractivity contribution in [1.29, 1.82) is 0 Å². The molecule has 0 aromatic carbocycles. The molecule has 0 aliphatic carbocycles. The molecule has 0 bridgehead atoms. The Morgan fingerprint density at radius 2 is 1.91 bits per heavy atom. The summed E-state index contributed by atoms with van der Waals surface area (Å²) in [4.78, 5) is 35.9. The molecule has 2 aliphatic heterocycles. The lowest BCUT2D eigenvalue weighted by Crippen LogP contribution is -2.44. The molecule has 0 unspecified atom stereocenters. The number of aromatic nitrogens is 4. The van der Waals surface area contributed by atoms with Crippen molar-refractivity contribution in [1.82, 2.24) is 29.3 Å². The van der Waals surface area contributed by atoms with E-state index in [1.807, 2.05) is 13.1 Å². The van der Waals surface area contributed by atoms with Crippen LogP contribution in [0.4, 0.5) is 0 Å². The Hall–Kier alpha value is -2.07. The number of piperidine rings is 1. The Bertz CT molecular complexity index is 1250. The lowest BCUT2D eigenvalue weighted by Gasteiger charge is -2.34. The zero-order valence-electron chi connectivity index (χ0n) is 17.8. The minimum absolute atomic E-state index is 0. The Morgan fingerprint density at radius 3 is 2.66 bits per heavy atom. The summed E-state index contributed by atoms with van der Waals surface area (Å²) in [5, 5.41) is 3.65. The van der Waals surface area contributed by atoms with Gasteiger partial charge in [0, 0.05) is 42.4 Å². The van der Waals surface area contributed by atoms with Gasteiger partial charge >= 0.3 is 0 Å². The van der Waals surface area contributed by atoms with Crippen LogP contribution in [0.15, 0.2) is 44.7 Å². The third-order valence-corrected chi connectivity index (χ3v) is 7.21. The van der Waals surface area contributed by atoms with Crippen LogP contribution in [-0.4, -0.2) is 49.7 Å². The van der Waals surface area contributed by atoms with Gasteiger partial charge in [-0.3, -0.25) is 23.7 Å². The first kappa shape index (κ1) is 23.1. The summed E-state index contributed by atoms with van der Waals surface area (Å²) in [5.41, 5.74) is 3.32. The molecule has 1 saturated heterocycles. The number of pyridine rings is 2. The highest BCUT2D eigenvalue weighted by Gasteiger charge is 2.29. The van der Waals surface area contributed by atoms with Crippen LogP contribution in [0.2, 0.25) is 0 Å². The molecule has 8 nitrogen and oxygen atoms in total.